The molecule has 0 rings (SSSR count). The van der Waals surface area contributed by atoms with E-state index >= 15 is 0 Å². The van der Waals surface area contributed by atoms with Crippen molar-refractivity contribution in [1.29, 1.82) is 0 Å². The number of carbonyl (C=O) groups is 2. The van der Waals surface area contributed by atoms with Gasteiger partial charge in [0, 0.05) is 28.2 Å². The second kappa shape index (κ2) is 5.53. The molecule has 0 radical (unpaired) electrons. The molecule has 0 bridgehead atoms. The van der Waals surface area contributed by atoms with Crippen LogP contribution in [-0.2, 0) is 14.3 Å². The minimum atomic E-state index is -0.147. The summed E-state index contributed by atoms with van der Waals surface area (Å²) in [4.78, 5) is 24.8. The van der Waals surface area contributed by atoms with E-state index in [9.17, 15) is 9.59 Å². The molecule has 0 aromatic carbocycles. The highest BCUT2D eigenvalue weighted by atomic mass is 16.5. The summed E-state index contributed by atoms with van der Waals surface area (Å²) in [5.74, 6) is -0.293. The number of likely N-dealkylation sites (N-methyl/N-ethyl adjacent to an activating group) is 2. The second-order valence-electron chi connectivity index (χ2n) is 3.07. The van der Waals surface area contributed by atoms with Crippen LogP contribution in [0.1, 0.15) is 0 Å². The van der Waals surface area contributed by atoms with Gasteiger partial charge in [-0.15, -0.1) is 0 Å². The highest BCUT2D eigenvalue weighted by Crippen LogP contribution is 1.84. The molecule has 0 aliphatic rings. The summed E-state index contributed by atoms with van der Waals surface area (Å²) >= 11 is 0. The van der Waals surface area contributed by atoms with Gasteiger partial charge >= 0.3 is 0 Å². The number of nitrogens with zero attached hydrogens (tertiary/aromatic N) is 2. The molecular formula is C8H16N2O3. The maximum atomic E-state index is 11.0. The van der Waals surface area contributed by atoms with E-state index in [-0.39, 0.29) is 25.0 Å². The quantitative estimate of drug-likeness (QED) is 0.579. The fraction of sp³-hybridized carbons (Fsp3) is 0.750. The lowest BCUT2D eigenvalue weighted by Gasteiger charge is -2.12. The molecule has 0 fully saturated rings. The third-order valence-corrected chi connectivity index (χ3v) is 1.45. The van der Waals surface area contributed by atoms with Crippen LogP contribution in [0.25, 0.3) is 0 Å². The number of amides is 2. The molecule has 0 aromatic heterocycles. The van der Waals surface area contributed by atoms with E-state index in [1.54, 1.807) is 28.2 Å². The average molecular weight is 188 g/mol. The number of rotatable bonds is 4. The Hall–Kier alpha value is -1.10. The van der Waals surface area contributed by atoms with Crippen molar-refractivity contribution in [1.82, 2.24) is 9.80 Å². The molecule has 0 saturated heterocycles. The summed E-state index contributed by atoms with van der Waals surface area (Å²) < 4.78 is 4.90. The fourth-order valence-corrected chi connectivity index (χ4v) is 0.484. The van der Waals surface area contributed by atoms with E-state index in [4.69, 9.17) is 4.74 Å². The minimum Gasteiger partial charge on any atom is -0.362 e. The zero-order valence-electron chi connectivity index (χ0n) is 8.53. The number of carbonyl (C=O) groups excluding carboxylic acids is 2. The lowest BCUT2D eigenvalue weighted by Crippen LogP contribution is -2.30. The molecule has 0 atom stereocenters. The van der Waals surface area contributed by atoms with Gasteiger partial charge < -0.3 is 14.5 Å². The van der Waals surface area contributed by atoms with Crippen LogP contribution in [-0.4, -0.2) is 63.0 Å². The van der Waals surface area contributed by atoms with E-state index in [0.717, 1.165) is 0 Å². The van der Waals surface area contributed by atoms with E-state index in [0.29, 0.717) is 0 Å². The predicted molar refractivity (Wildman–Crippen MR) is 48.2 cm³/mol. The van der Waals surface area contributed by atoms with Gasteiger partial charge in [-0.2, -0.15) is 0 Å². The Morgan fingerprint density at radius 2 is 1.23 bits per heavy atom. The highest BCUT2D eigenvalue weighted by Gasteiger charge is 2.07. The number of hydrogen-bond acceptors (Lipinski definition) is 3. The molecule has 13 heavy (non-hydrogen) atoms. The molecule has 5 heteroatoms. The summed E-state index contributed by atoms with van der Waals surface area (Å²) in [7, 11) is 6.55. The van der Waals surface area contributed by atoms with Crippen molar-refractivity contribution in [2.75, 3.05) is 41.4 Å². The van der Waals surface area contributed by atoms with Crippen molar-refractivity contribution < 1.29 is 14.3 Å². The van der Waals surface area contributed by atoms with Gasteiger partial charge in [-0.1, -0.05) is 0 Å². The first-order chi connectivity index (χ1) is 5.95. The first-order valence-electron chi connectivity index (χ1n) is 3.93. The zero-order valence-corrected chi connectivity index (χ0v) is 8.53. The van der Waals surface area contributed by atoms with Gasteiger partial charge in [-0.25, -0.2) is 0 Å². The second-order valence-corrected chi connectivity index (χ2v) is 3.07. The number of ether oxygens (including phenoxy) is 1. The molecule has 0 unspecified atom stereocenters. The summed E-state index contributed by atoms with van der Waals surface area (Å²) in [5.41, 5.74) is 0. The Labute approximate surface area is 78.3 Å². The van der Waals surface area contributed by atoms with Gasteiger partial charge in [0.15, 0.2) is 0 Å². The van der Waals surface area contributed by atoms with E-state index in [1.807, 2.05) is 0 Å². The van der Waals surface area contributed by atoms with Gasteiger partial charge in [0.25, 0.3) is 0 Å². The van der Waals surface area contributed by atoms with Crippen LogP contribution < -0.4 is 0 Å². The van der Waals surface area contributed by atoms with Crippen LogP contribution in [0, 0.1) is 0 Å². The van der Waals surface area contributed by atoms with Gasteiger partial charge in [-0.3, -0.25) is 9.59 Å². The third-order valence-electron chi connectivity index (χ3n) is 1.45. The van der Waals surface area contributed by atoms with Crippen LogP contribution in [0.4, 0.5) is 0 Å². The SMILES string of the molecule is CN(C)C(=O)COCC(=O)N(C)C. The van der Waals surface area contributed by atoms with Crippen LogP contribution in [0.5, 0.6) is 0 Å². The Bertz CT molecular complexity index is 170. The largest absolute Gasteiger partial charge is 0.362 e. The van der Waals surface area contributed by atoms with Crippen LogP contribution in [0.3, 0.4) is 0 Å². The molecule has 0 aliphatic heterocycles. The van der Waals surface area contributed by atoms with Crippen molar-refractivity contribution in [3.63, 3.8) is 0 Å². The molecule has 2 amide bonds. The highest BCUT2D eigenvalue weighted by molar-refractivity contribution is 5.79. The Balaban J connectivity index is 3.57. The lowest BCUT2D eigenvalue weighted by atomic mass is 10.5. The monoisotopic (exact) mass is 188 g/mol. The average Bonchev–Trinajstić information content (AvgIpc) is 2.03. The molecule has 5 nitrogen and oxygen atoms in total. The summed E-state index contributed by atoms with van der Waals surface area (Å²) in [6.07, 6.45) is 0. The van der Waals surface area contributed by atoms with Crippen molar-refractivity contribution in [2.24, 2.45) is 0 Å². The fourth-order valence-electron chi connectivity index (χ4n) is 0.484. The van der Waals surface area contributed by atoms with Gasteiger partial charge in [0.1, 0.15) is 13.2 Å². The van der Waals surface area contributed by atoms with E-state index < -0.39 is 0 Å². The van der Waals surface area contributed by atoms with Crippen LogP contribution in [0.2, 0.25) is 0 Å². The summed E-state index contributed by atoms with van der Waals surface area (Å²) in [6.45, 7) is -0.0981. The molecule has 0 spiro atoms. The topological polar surface area (TPSA) is 49.9 Å². The Kier molecular flexibility index (Phi) is 5.06. The Morgan fingerprint density at radius 3 is 1.46 bits per heavy atom. The standard InChI is InChI=1S/C8H16N2O3/c1-9(2)7(11)5-13-6-8(12)10(3)4/h5-6H2,1-4H3. The molecule has 0 heterocycles. The minimum absolute atomic E-state index is 0.0490. The van der Waals surface area contributed by atoms with Crippen molar-refractivity contribution in [3.8, 4) is 0 Å². The van der Waals surface area contributed by atoms with Gasteiger partial charge in [-0.05, 0) is 0 Å². The molecule has 0 saturated carbocycles. The smallest absolute Gasteiger partial charge is 0.248 e. The van der Waals surface area contributed by atoms with Crippen molar-refractivity contribution in [2.45, 2.75) is 0 Å². The molecule has 0 aliphatic carbocycles. The molecule has 0 N–H and O–H groups in total. The third kappa shape index (κ3) is 5.19. The Morgan fingerprint density at radius 1 is 0.923 bits per heavy atom. The predicted octanol–water partition coefficient (Wildman–Crippen LogP) is -0.821. The molecule has 0 aromatic rings. The van der Waals surface area contributed by atoms with Gasteiger partial charge in [0.05, 0.1) is 0 Å². The zero-order chi connectivity index (χ0) is 10.4. The first-order valence-corrected chi connectivity index (χ1v) is 3.93. The summed E-state index contributed by atoms with van der Waals surface area (Å²) in [5, 5.41) is 0. The van der Waals surface area contributed by atoms with E-state index in [1.165, 1.54) is 9.80 Å². The van der Waals surface area contributed by atoms with Crippen LogP contribution >= 0.6 is 0 Å². The summed E-state index contributed by atoms with van der Waals surface area (Å²) in [6, 6.07) is 0. The molecular weight excluding hydrogens is 172 g/mol. The lowest BCUT2D eigenvalue weighted by molar-refractivity contribution is -0.139. The molecule has 76 valence electrons. The maximum Gasteiger partial charge on any atom is 0.248 e. The first kappa shape index (κ1) is 11.9. The van der Waals surface area contributed by atoms with Crippen LogP contribution in [0.15, 0.2) is 0 Å². The maximum absolute atomic E-state index is 11.0. The van der Waals surface area contributed by atoms with E-state index in [2.05, 4.69) is 0 Å². The number of hydrogen-bond donors (Lipinski definition) is 0. The van der Waals surface area contributed by atoms with Crippen molar-refractivity contribution >= 4 is 11.8 Å². The van der Waals surface area contributed by atoms with Gasteiger partial charge in [0.2, 0.25) is 11.8 Å². The normalized spacial score (nSPS) is 9.54. The van der Waals surface area contributed by atoms with Crippen molar-refractivity contribution in [3.05, 3.63) is 0 Å².